The summed E-state index contributed by atoms with van der Waals surface area (Å²) in [5.74, 6) is -0.359. The number of nitrogens with zero attached hydrogens (tertiary/aromatic N) is 1. The smallest absolute Gasteiger partial charge is 0.273 e. The van der Waals surface area contributed by atoms with Crippen LogP contribution in [0.2, 0.25) is 0 Å². The predicted molar refractivity (Wildman–Crippen MR) is 81.6 cm³/mol. The van der Waals surface area contributed by atoms with Crippen molar-refractivity contribution in [2.24, 2.45) is 0 Å². The van der Waals surface area contributed by atoms with Crippen LogP contribution in [0.4, 0.5) is 11.4 Å². The molecule has 0 atom stereocenters. The fraction of sp³-hybridized carbons (Fsp3) is 0.188. The van der Waals surface area contributed by atoms with E-state index in [2.05, 4.69) is 12.2 Å². The Bertz CT molecular complexity index is 678. The summed E-state index contributed by atoms with van der Waals surface area (Å²) in [4.78, 5) is 22.5. The summed E-state index contributed by atoms with van der Waals surface area (Å²) >= 11 is 0. The fourth-order valence-corrected chi connectivity index (χ4v) is 1.97. The minimum absolute atomic E-state index is 0.0519. The zero-order chi connectivity index (χ0) is 15.4. The van der Waals surface area contributed by atoms with Crippen LogP contribution < -0.4 is 5.32 Å². The van der Waals surface area contributed by atoms with E-state index in [0.717, 1.165) is 6.42 Å². The Morgan fingerprint density at radius 3 is 2.43 bits per heavy atom. The second-order valence-corrected chi connectivity index (χ2v) is 4.76. The summed E-state index contributed by atoms with van der Waals surface area (Å²) in [5.41, 5.74) is 2.60. The van der Waals surface area contributed by atoms with Crippen molar-refractivity contribution in [2.45, 2.75) is 20.3 Å². The minimum atomic E-state index is -0.484. The largest absolute Gasteiger partial charge is 0.322 e. The van der Waals surface area contributed by atoms with Gasteiger partial charge >= 0.3 is 0 Å². The Kier molecular flexibility index (Phi) is 4.33. The molecule has 0 saturated heterocycles. The summed E-state index contributed by atoms with van der Waals surface area (Å²) < 4.78 is 0. The fourth-order valence-electron chi connectivity index (χ4n) is 1.97. The molecule has 0 aliphatic heterocycles. The van der Waals surface area contributed by atoms with Gasteiger partial charge in [0.2, 0.25) is 0 Å². The van der Waals surface area contributed by atoms with Gasteiger partial charge in [0.1, 0.15) is 0 Å². The van der Waals surface area contributed by atoms with Crippen molar-refractivity contribution in [3.63, 3.8) is 0 Å². The number of amides is 1. The number of hydrogen-bond donors (Lipinski definition) is 1. The van der Waals surface area contributed by atoms with Gasteiger partial charge in [-0.2, -0.15) is 0 Å². The average Bonchev–Trinajstić information content (AvgIpc) is 2.48. The molecule has 0 heterocycles. The number of nitro groups is 1. The van der Waals surface area contributed by atoms with Crippen molar-refractivity contribution in [3.8, 4) is 0 Å². The number of nitro benzene ring substituents is 1. The van der Waals surface area contributed by atoms with Crippen molar-refractivity contribution in [2.75, 3.05) is 5.32 Å². The molecule has 5 nitrogen and oxygen atoms in total. The number of benzene rings is 2. The molecule has 0 bridgehead atoms. The molecule has 0 fully saturated rings. The third kappa shape index (κ3) is 3.45. The van der Waals surface area contributed by atoms with Crippen LogP contribution in [0.25, 0.3) is 0 Å². The van der Waals surface area contributed by atoms with Crippen molar-refractivity contribution in [1.29, 1.82) is 0 Å². The van der Waals surface area contributed by atoms with Gasteiger partial charge in [-0.3, -0.25) is 14.9 Å². The molecule has 0 aliphatic carbocycles. The molecule has 2 aromatic carbocycles. The lowest BCUT2D eigenvalue weighted by atomic mass is 10.1. The van der Waals surface area contributed by atoms with Gasteiger partial charge in [-0.25, -0.2) is 0 Å². The Labute approximate surface area is 122 Å². The zero-order valence-electron chi connectivity index (χ0n) is 11.9. The molecular weight excluding hydrogens is 268 g/mol. The number of carbonyl (C=O) groups excluding carboxylic acids is 1. The Hall–Kier alpha value is -2.69. The minimum Gasteiger partial charge on any atom is -0.322 e. The third-order valence-electron chi connectivity index (χ3n) is 3.29. The van der Waals surface area contributed by atoms with Crippen LogP contribution in [-0.4, -0.2) is 10.8 Å². The summed E-state index contributed by atoms with van der Waals surface area (Å²) in [7, 11) is 0. The van der Waals surface area contributed by atoms with Gasteiger partial charge in [0.05, 0.1) is 4.92 Å². The SMILES string of the molecule is CCc1ccc(NC(=O)c2ccc(C)c([N+](=O)[O-])c2)cc1. The van der Waals surface area contributed by atoms with Crippen molar-refractivity contribution < 1.29 is 9.72 Å². The third-order valence-corrected chi connectivity index (χ3v) is 3.29. The molecule has 21 heavy (non-hydrogen) atoms. The van der Waals surface area contributed by atoms with Gasteiger partial charge in [-0.15, -0.1) is 0 Å². The number of anilines is 1. The predicted octanol–water partition coefficient (Wildman–Crippen LogP) is 3.72. The molecule has 0 spiro atoms. The van der Waals surface area contributed by atoms with Crippen molar-refractivity contribution in [1.82, 2.24) is 0 Å². The molecule has 2 rings (SSSR count). The molecule has 0 unspecified atom stereocenters. The van der Waals surface area contributed by atoms with Gasteiger partial charge in [0.25, 0.3) is 11.6 Å². The molecule has 1 N–H and O–H groups in total. The summed E-state index contributed by atoms with van der Waals surface area (Å²) in [6.45, 7) is 3.70. The molecule has 1 amide bonds. The highest BCUT2D eigenvalue weighted by Gasteiger charge is 2.15. The molecule has 0 radical (unpaired) electrons. The van der Waals surface area contributed by atoms with Crippen LogP contribution in [0.5, 0.6) is 0 Å². The maximum atomic E-state index is 12.1. The van der Waals surface area contributed by atoms with E-state index >= 15 is 0 Å². The Morgan fingerprint density at radius 1 is 1.19 bits per heavy atom. The molecular formula is C16H16N2O3. The van der Waals surface area contributed by atoms with Crippen LogP contribution in [0.3, 0.4) is 0 Å². The topological polar surface area (TPSA) is 72.2 Å². The number of rotatable bonds is 4. The molecule has 0 saturated carbocycles. The van der Waals surface area contributed by atoms with Crippen LogP contribution in [-0.2, 0) is 6.42 Å². The molecule has 0 aliphatic rings. The van der Waals surface area contributed by atoms with Gasteiger partial charge in [0, 0.05) is 22.9 Å². The van der Waals surface area contributed by atoms with E-state index in [4.69, 9.17) is 0 Å². The van der Waals surface area contributed by atoms with E-state index in [1.54, 1.807) is 19.1 Å². The van der Waals surface area contributed by atoms with Gasteiger partial charge in [-0.1, -0.05) is 25.1 Å². The first-order chi connectivity index (χ1) is 10.0. The van der Waals surface area contributed by atoms with Crippen LogP contribution in [0, 0.1) is 17.0 Å². The summed E-state index contributed by atoms with van der Waals surface area (Å²) in [5, 5.41) is 13.6. The quantitative estimate of drug-likeness (QED) is 0.687. The number of hydrogen-bond acceptors (Lipinski definition) is 3. The normalized spacial score (nSPS) is 10.2. The lowest BCUT2D eigenvalue weighted by Gasteiger charge is -2.07. The van der Waals surface area contributed by atoms with Crippen molar-refractivity contribution >= 4 is 17.3 Å². The van der Waals surface area contributed by atoms with E-state index in [0.29, 0.717) is 11.3 Å². The molecule has 5 heteroatoms. The zero-order valence-corrected chi connectivity index (χ0v) is 11.9. The second-order valence-electron chi connectivity index (χ2n) is 4.76. The van der Waals surface area contributed by atoms with Crippen LogP contribution in [0.15, 0.2) is 42.5 Å². The highest BCUT2D eigenvalue weighted by molar-refractivity contribution is 6.04. The molecule has 0 aromatic heterocycles. The average molecular weight is 284 g/mol. The number of aryl methyl sites for hydroxylation is 2. The number of carbonyl (C=O) groups is 1. The van der Waals surface area contributed by atoms with E-state index in [1.807, 2.05) is 24.3 Å². The Morgan fingerprint density at radius 2 is 1.86 bits per heavy atom. The summed E-state index contributed by atoms with van der Waals surface area (Å²) in [6, 6.07) is 12.0. The summed E-state index contributed by atoms with van der Waals surface area (Å²) in [6.07, 6.45) is 0.929. The second kappa shape index (κ2) is 6.17. The maximum Gasteiger partial charge on any atom is 0.273 e. The lowest BCUT2D eigenvalue weighted by molar-refractivity contribution is -0.385. The number of nitrogens with one attached hydrogen (secondary N) is 1. The van der Waals surface area contributed by atoms with E-state index in [9.17, 15) is 14.9 Å². The first-order valence-electron chi connectivity index (χ1n) is 6.66. The standard InChI is InChI=1S/C16H16N2O3/c1-3-12-5-8-14(9-6-12)17-16(19)13-7-4-11(2)15(10-13)18(20)21/h4-10H,3H2,1-2H3,(H,17,19). The maximum absolute atomic E-state index is 12.1. The lowest BCUT2D eigenvalue weighted by Crippen LogP contribution is -2.12. The molecule has 2 aromatic rings. The van der Waals surface area contributed by atoms with E-state index in [1.165, 1.54) is 11.6 Å². The van der Waals surface area contributed by atoms with Gasteiger partial charge in [0.15, 0.2) is 0 Å². The molecule has 108 valence electrons. The van der Waals surface area contributed by atoms with Crippen LogP contribution >= 0.6 is 0 Å². The van der Waals surface area contributed by atoms with E-state index in [-0.39, 0.29) is 17.2 Å². The van der Waals surface area contributed by atoms with Gasteiger partial charge < -0.3 is 5.32 Å². The highest BCUT2D eigenvalue weighted by Crippen LogP contribution is 2.20. The van der Waals surface area contributed by atoms with Crippen LogP contribution in [0.1, 0.15) is 28.4 Å². The van der Waals surface area contributed by atoms with E-state index < -0.39 is 4.92 Å². The highest BCUT2D eigenvalue weighted by atomic mass is 16.6. The van der Waals surface area contributed by atoms with Gasteiger partial charge in [-0.05, 0) is 37.1 Å². The first kappa shape index (κ1) is 14.7. The Balaban J connectivity index is 2.19. The monoisotopic (exact) mass is 284 g/mol. The van der Waals surface area contributed by atoms with Crippen molar-refractivity contribution in [3.05, 3.63) is 69.3 Å². The first-order valence-corrected chi connectivity index (χ1v) is 6.66.